The fourth-order valence-electron chi connectivity index (χ4n) is 3.45. The zero-order chi connectivity index (χ0) is 19.9. The van der Waals surface area contributed by atoms with Gasteiger partial charge in [0.05, 0.1) is 34.0 Å². The predicted octanol–water partition coefficient (Wildman–Crippen LogP) is 0.550. The first-order valence-corrected chi connectivity index (χ1v) is 9.37. The number of hydrogen-bond donors (Lipinski definition) is 2. The molecule has 2 heterocycles. The lowest BCUT2D eigenvalue weighted by Crippen LogP contribution is -2.48. The predicted molar refractivity (Wildman–Crippen MR) is 100 cm³/mol. The number of carbonyl (C=O) groups is 2. The number of hydrazine groups is 1. The molecule has 3 rings (SSSR count). The lowest BCUT2D eigenvalue weighted by molar-refractivity contribution is -0.124. The Morgan fingerprint density at radius 1 is 1.07 bits per heavy atom. The Labute approximate surface area is 164 Å². The number of likely N-dealkylation sites (tertiary alicyclic amines) is 1. The summed E-state index contributed by atoms with van der Waals surface area (Å²) in [7, 11) is 3.02. The lowest BCUT2D eigenvalue weighted by Gasteiger charge is -2.33. The van der Waals surface area contributed by atoms with Gasteiger partial charge in [0.2, 0.25) is 0 Å². The van der Waals surface area contributed by atoms with E-state index in [9.17, 15) is 9.59 Å². The van der Waals surface area contributed by atoms with Crippen molar-refractivity contribution in [2.24, 2.45) is 5.92 Å². The average molecular weight is 393 g/mol. The van der Waals surface area contributed by atoms with Crippen LogP contribution in [0, 0.1) is 5.92 Å². The van der Waals surface area contributed by atoms with Crippen LogP contribution in [0.25, 0.3) is 0 Å². The van der Waals surface area contributed by atoms with Gasteiger partial charge in [-0.1, -0.05) is 0 Å². The first-order valence-electron chi connectivity index (χ1n) is 9.37. The summed E-state index contributed by atoms with van der Waals surface area (Å²) in [6, 6.07) is 4.79. The van der Waals surface area contributed by atoms with Gasteiger partial charge in [-0.3, -0.25) is 25.3 Å². The number of piperidine rings is 1. The highest BCUT2D eigenvalue weighted by molar-refractivity contribution is 5.96. The molecule has 0 saturated carbocycles. The second kappa shape index (κ2) is 9.72. The number of amides is 2. The molecular weight excluding hydrogens is 366 g/mol. The van der Waals surface area contributed by atoms with Crippen molar-refractivity contribution in [1.82, 2.24) is 15.8 Å². The molecule has 0 spiro atoms. The molecule has 2 fully saturated rings. The van der Waals surface area contributed by atoms with Crippen LogP contribution >= 0.6 is 0 Å². The number of carbonyl (C=O) groups excluding carboxylic acids is 2. The first-order chi connectivity index (χ1) is 13.6. The number of methoxy groups -OCH3 is 2. The second-order valence-corrected chi connectivity index (χ2v) is 6.80. The Morgan fingerprint density at radius 3 is 2.39 bits per heavy atom. The molecule has 28 heavy (non-hydrogen) atoms. The maximum atomic E-state index is 12.2. The van der Waals surface area contributed by atoms with E-state index in [1.54, 1.807) is 18.2 Å². The highest BCUT2D eigenvalue weighted by Crippen LogP contribution is 2.27. The van der Waals surface area contributed by atoms with E-state index in [4.69, 9.17) is 18.9 Å². The van der Waals surface area contributed by atoms with Crippen LogP contribution in [0.1, 0.15) is 23.2 Å². The average Bonchev–Trinajstić information content (AvgIpc) is 3.27. The minimum absolute atomic E-state index is 0.100. The third-order valence-electron chi connectivity index (χ3n) is 4.99. The van der Waals surface area contributed by atoms with E-state index < -0.39 is 5.91 Å². The van der Waals surface area contributed by atoms with Crippen LogP contribution in [0.3, 0.4) is 0 Å². The molecule has 9 heteroatoms. The number of nitrogens with zero attached hydrogens (tertiary/aromatic N) is 1. The van der Waals surface area contributed by atoms with Gasteiger partial charge in [-0.05, 0) is 44.1 Å². The van der Waals surface area contributed by atoms with Gasteiger partial charge in [0.15, 0.2) is 17.8 Å². The van der Waals surface area contributed by atoms with E-state index in [1.165, 1.54) is 14.2 Å². The number of rotatable bonds is 6. The summed E-state index contributed by atoms with van der Waals surface area (Å²) >= 11 is 0. The van der Waals surface area contributed by atoms with Crippen molar-refractivity contribution in [2.45, 2.75) is 19.1 Å². The summed E-state index contributed by atoms with van der Waals surface area (Å²) in [5, 5.41) is 0. The molecule has 2 saturated heterocycles. The van der Waals surface area contributed by atoms with Crippen LogP contribution in [0.5, 0.6) is 11.5 Å². The van der Waals surface area contributed by atoms with Gasteiger partial charge in [-0.2, -0.15) is 0 Å². The van der Waals surface area contributed by atoms with E-state index in [0.29, 0.717) is 36.2 Å². The largest absolute Gasteiger partial charge is 0.493 e. The number of hydrogen-bond acceptors (Lipinski definition) is 7. The molecule has 2 aliphatic rings. The van der Waals surface area contributed by atoms with Crippen molar-refractivity contribution < 1.29 is 28.5 Å². The summed E-state index contributed by atoms with van der Waals surface area (Å²) < 4.78 is 21.5. The SMILES string of the molecule is COc1ccc(C(=O)NNC(=O)CN2CCC(C3OCCO3)CC2)cc1OC. The molecule has 0 bridgehead atoms. The van der Waals surface area contributed by atoms with Crippen molar-refractivity contribution in [1.29, 1.82) is 0 Å². The standard InChI is InChI=1S/C19H27N3O6/c1-25-15-4-3-14(11-16(15)26-2)18(24)21-20-17(23)12-22-7-5-13(6-8-22)19-27-9-10-28-19/h3-4,11,13,19H,5-10,12H2,1-2H3,(H,20,23)(H,21,24). The number of benzene rings is 1. The first kappa shape index (κ1) is 20.4. The van der Waals surface area contributed by atoms with Crippen LogP contribution in [-0.2, 0) is 14.3 Å². The molecule has 0 atom stereocenters. The fraction of sp³-hybridized carbons (Fsp3) is 0.579. The normalized spacial score (nSPS) is 18.6. The molecule has 0 radical (unpaired) electrons. The molecular formula is C19H27N3O6. The van der Waals surface area contributed by atoms with Crippen LogP contribution in [0.2, 0.25) is 0 Å². The van der Waals surface area contributed by atoms with Gasteiger partial charge in [-0.15, -0.1) is 0 Å². The maximum Gasteiger partial charge on any atom is 0.269 e. The van der Waals surface area contributed by atoms with Crippen molar-refractivity contribution >= 4 is 11.8 Å². The van der Waals surface area contributed by atoms with Crippen molar-refractivity contribution in [3.8, 4) is 11.5 Å². The topological polar surface area (TPSA) is 98.4 Å². The Morgan fingerprint density at radius 2 is 1.75 bits per heavy atom. The molecule has 154 valence electrons. The van der Waals surface area contributed by atoms with E-state index in [2.05, 4.69) is 15.8 Å². The van der Waals surface area contributed by atoms with Gasteiger partial charge in [0, 0.05) is 11.5 Å². The third kappa shape index (κ3) is 5.12. The van der Waals surface area contributed by atoms with Crippen LogP contribution in [0.4, 0.5) is 0 Å². The molecule has 0 unspecified atom stereocenters. The summed E-state index contributed by atoms with van der Waals surface area (Å²) in [4.78, 5) is 26.4. The monoisotopic (exact) mass is 393 g/mol. The second-order valence-electron chi connectivity index (χ2n) is 6.80. The van der Waals surface area contributed by atoms with Gasteiger partial charge < -0.3 is 18.9 Å². The van der Waals surface area contributed by atoms with Crippen molar-refractivity contribution in [3.63, 3.8) is 0 Å². The quantitative estimate of drug-likeness (QED) is 0.681. The summed E-state index contributed by atoms with van der Waals surface area (Å²) in [5.74, 6) is 0.662. The Kier molecular flexibility index (Phi) is 7.07. The lowest BCUT2D eigenvalue weighted by atomic mass is 9.96. The molecule has 2 N–H and O–H groups in total. The maximum absolute atomic E-state index is 12.2. The molecule has 0 aromatic heterocycles. The van der Waals surface area contributed by atoms with Crippen LogP contribution in [0.15, 0.2) is 18.2 Å². The molecule has 2 aliphatic heterocycles. The minimum atomic E-state index is -0.427. The van der Waals surface area contributed by atoms with Crippen LogP contribution < -0.4 is 20.3 Å². The molecule has 1 aromatic rings. The Hall–Kier alpha value is -2.36. The van der Waals surface area contributed by atoms with Gasteiger partial charge in [-0.25, -0.2) is 0 Å². The molecule has 2 amide bonds. The highest BCUT2D eigenvalue weighted by atomic mass is 16.7. The highest BCUT2D eigenvalue weighted by Gasteiger charge is 2.30. The van der Waals surface area contributed by atoms with Gasteiger partial charge >= 0.3 is 0 Å². The Bertz CT molecular complexity index is 684. The van der Waals surface area contributed by atoms with Crippen molar-refractivity contribution in [2.75, 3.05) is 47.1 Å². The van der Waals surface area contributed by atoms with Gasteiger partial charge in [0.1, 0.15) is 0 Å². The molecule has 1 aromatic carbocycles. The zero-order valence-electron chi connectivity index (χ0n) is 16.2. The van der Waals surface area contributed by atoms with E-state index in [0.717, 1.165) is 25.9 Å². The van der Waals surface area contributed by atoms with Gasteiger partial charge in [0.25, 0.3) is 11.8 Å². The summed E-state index contributed by atoms with van der Waals surface area (Å²) in [6.07, 6.45) is 1.75. The number of ether oxygens (including phenoxy) is 4. The zero-order valence-corrected chi connectivity index (χ0v) is 16.2. The number of nitrogens with one attached hydrogen (secondary N) is 2. The molecule has 0 aliphatic carbocycles. The third-order valence-corrected chi connectivity index (χ3v) is 4.99. The van der Waals surface area contributed by atoms with Crippen molar-refractivity contribution in [3.05, 3.63) is 23.8 Å². The van der Waals surface area contributed by atoms with E-state index in [1.807, 2.05) is 0 Å². The van der Waals surface area contributed by atoms with E-state index >= 15 is 0 Å². The smallest absolute Gasteiger partial charge is 0.269 e. The fourth-order valence-corrected chi connectivity index (χ4v) is 3.45. The Balaban J connectivity index is 1.41. The molecule has 9 nitrogen and oxygen atoms in total. The van der Waals surface area contributed by atoms with Crippen LogP contribution in [-0.4, -0.2) is 70.1 Å². The summed E-state index contributed by atoms with van der Waals surface area (Å²) in [5.41, 5.74) is 5.24. The van der Waals surface area contributed by atoms with E-state index in [-0.39, 0.29) is 18.7 Å². The minimum Gasteiger partial charge on any atom is -0.493 e. The summed E-state index contributed by atoms with van der Waals surface area (Å²) in [6.45, 7) is 3.14.